The topological polar surface area (TPSA) is 75.5 Å². The van der Waals surface area contributed by atoms with Crippen LogP contribution in [0.4, 0.5) is 4.39 Å². The Morgan fingerprint density at radius 3 is 2.58 bits per heavy atom. The zero-order valence-electron chi connectivity index (χ0n) is 21.1. The van der Waals surface area contributed by atoms with Crippen LogP contribution in [0.3, 0.4) is 0 Å². The van der Waals surface area contributed by atoms with Crippen LogP contribution in [0.2, 0.25) is 0 Å². The fourth-order valence-corrected chi connectivity index (χ4v) is 5.96. The third-order valence-electron chi connectivity index (χ3n) is 7.25. The number of halogens is 1. The summed E-state index contributed by atoms with van der Waals surface area (Å²) in [6, 6.07) is 12.6. The number of likely N-dealkylation sites (tertiary alicyclic amines) is 1. The average Bonchev–Trinajstić information content (AvgIpc) is 3.61. The van der Waals surface area contributed by atoms with Crippen molar-refractivity contribution in [1.82, 2.24) is 14.9 Å². The second-order valence-corrected chi connectivity index (χ2v) is 11.5. The van der Waals surface area contributed by atoms with E-state index in [1.807, 2.05) is 18.3 Å². The van der Waals surface area contributed by atoms with E-state index in [2.05, 4.69) is 20.9 Å². The monoisotopic (exact) mass is 531 g/mol. The Kier molecular flexibility index (Phi) is 7.19. The van der Waals surface area contributed by atoms with Gasteiger partial charge in [0.2, 0.25) is 0 Å². The first-order chi connectivity index (χ1) is 18.5. The van der Waals surface area contributed by atoms with Gasteiger partial charge in [-0.15, -0.1) is 11.3 Å². The summed E-state index contributed by atoms with van der Waals surface area (Å²) in [5.41, 5.74) is 3.43. The normalized spacial score (nSPS) is 16.7. The summed E-state index contributed by atoms with van der Waals surface area (Å²) in [5, 5.41) is 9.71. The molecule has 1 aliphatic heterocycles. The largest absolute Gasteiger partial charge is 0.453 e. The maximum Gasteiger partial charge on any atom is 0.166 e. The van der Waals surface area contributed by atoms with Crippen LogP contribution >= 0.6 is 11.3 Å². The number of aromatic nitrogens is 2. The summed E-state index contributed by atoms with van der Waals surface area (Å²) in [6.45, 7) is 2.62. The number of benzene rings is 1. The van der Waals surface area contributed by atoms with Gasteiger partial charge in [0.1, 0.15) is 11.5 Å². The highest BCUT2D eigenvalue weighted by Gasteiger charge is 2.24. The van der Waals surface area contributed by atoms with Crippen molar-refractivity contribution >= 4 is 27.3 Å². The molecular formula is C30H30FN3O3S. The second-order valence-electron chi connectivity index (χ2n) is 10.4. The lowest BCUT2D eigenvalue weighted by molar-refractivity contribution is -0.118. The number of thiophene rings is 1. The molecule has 1 aromatic carbocycles. The maximum atomic E-state index is 14.9. The van der Waals surface area contributed by atoms with Crippen LogP contribution in [0.25, 0.3) is 20.8 Å². The van der Waals surface area contributed by atoms with Gasteiger partial charge in [-0.25, -0.2) is 4.39 Å². The lowest BCUT2D eigenvalue weighted by Crippen LogP contribution is -2.35. The molecule has 4 heterocycles. The summed E-state index contributed by atoms with van der Waals surface area (Å²) in [4.78, 5) is 24.6. The van der Waals surface area contributed by atoms with Crippen LogP contribution in [-0.2, 0) is 17.8 Å². The fraction of sp³-hybridized carbons (Fsp3) is 0.367. The zero-order chi connectivity index (χ0) is 26.1. The molecular weight excluding hydrogens is 501 g/mol. The summed E-state index contributed by atoms with van der Waals surface area (Å²) < 4.78 is 21.7. The minimum atomic E-state index is -0.482. The van der Waals surface area contributed by atoms with E-state index in [-0.39, 0.29) is 24.1 Å². The van der Waals surface area contributed by atoms with E-state index in [4.69, 9.17) is 4.74 Å². The average molecular weight is 532 g/mol. The molecule has 0 bridgehead atoms. The number of rotatable bonds is 9. The Labute approximate surface area is 225 Å². The number of piperidine rings is 1. The van der Waals surface area contributed by atoms with Crippen LogP contribution in [0.1, 0.15) is 43.2 Å². The first-order valence-corrected chi connectivity index (χ1v) is 14.0. The van der Waals surface area contributed by atoms with E-state index in [0.717, 1.165) is 71.7 Å². The number of aliphatic hydroxyl groups excluding tert-OH is 1. The van der Waals surface area contributed by atoms with Gasteiger partial charge in [-0.1, -0.05) is 12.1 Å². The molecule has 8 heteroatoms. The predicted molar refractivity (Wildman–Crippen MR) is 146 cm³/mol. The Bertz CT molecular complexity index is 1440. The van der Waals surface area contributed by atoms with Gasteiger partial charge < -0.3 is 9.84 Å². The van der Waals surface area contributed by atoms with Gasteiger partial charge in [0.15, 0.2) is 11.6 Å². The molecule has 1 saturated heterocycles. The summed E-state index contributed by atoms with van der Waals surface area (Å²) >= 11 is 1.51. The van der Waals surface area contributed by atoms with Gasteiger partial charge in [-0.3, -0.25) is 19.7 Å². The number of ketones is 1. The number of Topliss-reactive ketones (excluding diaryl/α,β-unsaturated/α-hetero) is 1. The van der Waals surface area contributed by atoms with Crippen molar-refractivity contribution in [2.45, 2.75) is 51.2 Å². The quantitative estimate of drug-likeness (QED) is 0.279. The van der Waals surface area contributed by atoms with Crippen molar-refractivity contribution in [3.8, 4) is 22.1 Å². The number of hydrogen-bond acceptors (Lipinski definition) is 7. The Balaban J connectivity index is 1.15. The molecule has 6 nitrogen and oxygen atoms in total. The molecule has 0 spiro atoms. The number of hydrogen-bond donors (Lipinski definition) is 1. The number of carbonyl (C=O) groups excluding carboxylic acids is 1. The highest BCUT2D eigenvalue weighted by Crippen LogP contribution is 2.39. The number of carbonyl (C=O) groups is 1. The zero-order valence-corrected chi connectivity index (χ0v) is 21.9. The summed E-state index contributed by atoms with van der Waals surface area (Å²) in [6.07, 6.45) is 8.13. The van der Waals surface area contributed by atoms with Crippen LogP contribution < -0.4 is 4.74 Å². The number of nitrogens with zero attached hydrogens (tertiary/aromatic N) is 3. The van der Waals surface area contributed by atoms with Gasteiger partial charge in [0.05, 0.1) is 26.9 Å². The molecule has 196 valence electrons. The number of pyridine rings is 2. The van der Waals surface area contributed by atoms with E-state index in [0.29, 0.717) is 23.7 Å². The first kappa shape index (κ1) is 25.1. The summed E-state index contributed by atoms with van der Waals surface area (Å²) in [5.74, 6) is 0.868. The van der Waals surface area contributed by atoms with Crippen LogP contribution in [0.5, 0.6) is 11.5 Å². The Hall–Kier alpha value is -3.20. The molecule has 38 heavy (non-hydrogen) atoms. The number of ether oxygens (including phenoxy) is 1. The summed E-state index contributed by atoms with van der Waals surface area (Å²) in [7, 11) is 0. The van der Waals surface area contributed by atoms with Gasteiger partial charge >= 0.3 is 0 Å². The Morgan fingerprint density at radius 1 is 1.03 bits per heavy atom. The molecule has 1 N–H and O–H groups in total. The van der Waals surface area contributed by atoms with Crippen molar-refractivity contribution in [2.24, 2.45) is 5.92 Å². The van der Waals surface area contributed by atoms with Crippen molar-refractivity contribution in [3.05, 3.63) is 71.8 Å². The lowest BCUT2D eigenvalue weighted by atomic mass is 10.0. The smallest absolute Gasteiger partial charge is 0.166 e. The van der Waals surface area contributed by atoms with Crippen LogP contribution in [0, 0.1) is 11.7 Å². The van der Waals surface area contributed by atoms with Crippen LogP contribution in [0.15, 0.2) is 54.9 Å². The number of aliphatic hydroxyl groups is 1. The van der Waals surface area contributed by atoms with Gasteiger partial charge in [-0.05, 0) is 67.0 Å². The highest BCUT2D eigenvalue weighted by atomic mass is 32.1. The number of fused-ring (bicyclic) bond motifs is 1. The minimum Gasteiger partial charge on any atom is -0.453 e. The van der Waals surface area contributed by atoms with Crippen molar-refractivity contribution < 1.29 is 19.0 Å². The standard InChI is InChI=1S/C30H30FN3O3S/c31-24-15-20(14-23(36)13-19-1-2-19)4-6-27(24)37-28-7-10-32-26-16-29(38-30(26)28)25-5-3-21(17-33-25)18-34-11-8-22(35)9-12-34/h3-7,10,15-17,19,22,35H,1-2,8-9,11-14,18H2. The molecule has 4 aromatic rings. The molecule has 0 amide bonds. The molecule has 0 unspecified atom stereocenters. The molecule has 6 rings (SSSR count). The van der Waals surface area contributed by atoms with E-state index < -0.39 is 5.82 Å². The molecule has 1 saturated carbocycles. The first-order valence-electron chi connectivity index (χ1n) is 13.2. The van der Waals surface area contributed by atoms with Gasteiger partial charge in [-0.2, -0.15) is 0 Å². The van der Waals surface area contributed by atoms with Crippen molar-refractivity contribution in [1.29, 1.82) is 0 Å². The maximum absolute atomic E-state index is 14.9. The lowest BCUT2D eigenvalue weighted by Gasteiger charge is -2.29. The third-order valence-corrected chi connectivity index (χ3v) is 8.41. The molecule has 2 fully saturated rings. The SMILES string of the molecule is O=C(Cc1ccc(Oc2ccnc3cc(-c4ccc(CN5CCC(O)CC5)cn4)sc23)c(F)c1)CC1CC1. The molecule has 1 aliphatic carbocycles. The van der Waals surface area contributed by atoms with Crippen LogP contribution in [-0.4, -0.2) is 45.0 Å². The predicted octanol–water partition coefficient (Wildman–Crippen LogP) is 6.16. The van der Waals surface area contributed by atoms with E-state index in [9.17, 15) is 14.3 Å². The fourth-order valence-electron chi connectivity index (χ4n) is 4.92. The highest BCUT2D eigenvalue weighted by molar-refractivity contribution is 7.22. The molecule has 0 atom stereocenters. The Morgan fingerprint density at radius 2 is 1.84 bits per heavy atom. The minimum absolute atomic E-state index is 0.124. The third kappa shape index (κ3) is 5.93. The van der Waals surface area contributed by atoms with Crippen molar-refractivity contribution in [3.63, 3.8) is 0 Å². The molecule has 2 aliphatic rings. The molecule has 3 aromatic heterocycles. The van der Waals surface area contributed by atoms with Crippen molar-refractivity contribution in [2.75, 3.05) is 13.1 Å². The van der Waals surface area contributed by atoms with Gasteiger partial charge in [0.25, 0.3) is 0 Å². The van der Waals surface area contributed by atoms with E-state index in [1.54, 1.807) is 24.4 Å². The van der Waals surface area contributed by atoms with E-state index in [1.165, 1.54) is 17.4 Å². The second kappa shape index (κ2) is 10.9. The molecule has 0 radical (unpaired) electrons. The van der Waals surface area contributed by atoms with E-state index >= 15 is 0 Å². The van der Waals surface area contributed by atoms with Gasteiger partial charge in [0, 0.05) is 50.9 Å².